The number of rotatable bonds is 6. The smallest absolute Gasteiger partial charge is 0.141 e. The second-order valence-electron chi connectivity index (χ2n) is 4.28. The fourth-order valence-corrected chi connectivity index (χ4v) is 1.85. The van der Waals surface area contributed by atoms with Crippen LogP contribution in [-0.4, -0.2) is 11.5 Å². The number of hydrogen-bond donors (Lipinski definition) is 1. The summed E-state index contributed by atoms with van der Waals surface area (Å²) in [6.45, 7) is 1.59. The summed E-state index contributed by atoms with van der Waals surface area (Å²) in [4.78, 5) is 3.82. The van der Waals surface area contributed by atoms with Crippen LogP contribution in [0.3, 0.4) is 0 Å². The highest BCUT2D eigenvalue weighted by Gasteiger charge is 1.96. The number of hydrogen-bond acceptors (Lipinski definition) is 2. The van der Waals surface area contributed by atoms with E-state index in [-0.39, 0.29) is 5.82 Å². The summed E-state index contributed by atoms with van der Waals surface area (Å²) in [5.74, 6) is -0.279. The van der Waals surface area contributed by atoms with Crippen molar-refractivity contribution >= 4 is 0 Å². The lowest BCUT2D eigenvalue weighted by Gasteiger charge is -2.05. The molecule has 0 saturated heterocycles. The average molecular weight is 244 g/mol. The lowest BCUT2D eigenvalue weighted by atomic mass is 10.1. The van der Waals surface area contributed by atoms with Crippen molar-refractivity contribution in [2.45, 2.75) is 19.4 Å². The van der Waals surface area contributed by atoms with Crippen LogP contribution in [-0.2, 0) is 13.0 Å². The first-order valence-electron chi connectivity index (χ1n) is 6.18. The maximum absolute atomic E-state index is 12.9. The number of nitrogens with zero attached hydrogens (tertiary/aromatic N) is 1. The zero-order valence-electron chi connectivity index (χ0n) is 10.3. The van der Waals surface area contributed by atoms with Crippen molar-refractivity contribution in [3.05, 3.63) is 65.7 Å². The highest BCUT2D eigenvalue weighted by molar-refractivity contribution is 5.14. The van der Waals surface area contributed by atoms with Crippen LogP contribution in [0.2, 0.25) is 0 Å². The molecular weight excluding hydrogens is 227 g/mol. The number of aromatic nitrogens is 1. The van der Waals surface area contributed by atoms with Gasteiger partial charge in [-0.15, -0.1) is 0 Å². The molecule has 1 aromatic carbocycles. The Bertz CT molecular complexity index is 471. The Balaban J connectivity index is 1.65. The van der Waals surface area contributed by atoms with Gasteiger partial charge in [-0.1, -0.05) is 30.3 Å². The molecular formula is C15H17FN2. The van der Waals surface area contributed by atoms with E-state index in [0.717, 1.165) is 24.9 Å². The van der Waals surface area contributed by atoms with Gasteiger partial charge >= 0.3 is 0 Å². The van der Waals surface area contributed by atoms with Crippen LogP contribution in [0.4, 0.5) is 4.39 Å². The van der Waals surface area contributed by atoms with E-state index in [1.54, 1.807) is 6.20 Å². The molecule has 0 saturated carbocycles. The molecule has 0 spiro atoms. The molecule has 0 bridgehead atoms. The Kier molecular flexibility index (Phi) is 4.85. The van der Waals surface area contributed by atoms with Crippen molar-refractivity contribution in [3.8, 4) is 0 Å². The van der Waals surface area contributed by atoms with E-state index in [1.165, 1.54) is 17.8 Å². The summed E-state index contributed by atoms with van der Waals surface area (Å²) in [5.41, 5.74) is 2.24. The molecule has 94 valence electrons. The van der Waals surface area contributed by atoms with Gasteiger partial charge in [0.1, 0.15) is 5.82 Å². The van der Waals surface area contributed by atoms with Crippen molar-refractivity contribution in [2.24, 2.45) is 0 Å². The second-order valence-corrected chi connectivity index (χ2v) is 4.28. The lowest BCUT2D eigenvalue weighted by Crippen LogP contribution is -2.15. The molecule has 3 heteroatoms. The van der Waals surface area contributed by atoms with Crippen LogP contribution in [0.1, 0.15) is 17.5 Å². The first-order valence-corrected chi connectivity index (χ1v) is 6.18. The number of aryl methyl sites for hydroxylation is 1. The summed E-state index contributed by atoms with van der Waals surface area (Å²) < 4.78 is 12.9. The largest absolute Gasteiger partial charge is 0.313 e. The number of nitrogens with one attached hydrogen (secondary N) is 1. The Morgan fingerprint density at radius 2 is 1.89 bits per heavy atom. The topological polar surface area (TPSA) is 24.9 Å². The van der Waals surface area contributed by atoms with Crippen LogP contribution in [0.5, 0.6) is 0 Å². The van der Waals surface area contributed by atoms with Gasteiger partial charge < -0.3 is 5.32 Å². The van der Waals surface area contributed by atoms with Crippen molar-refractivity contribution in [3.63, 3.8) is 0 Å². The Labute approximate surface area is 107 Å². The minimum absolute atomic E-state index is 0.279. The van der Waals surface area contributed by atoms with Gasteiger partial charge in [-0.05, 0) is 36.6 Å². The normalized spacial score (nSPS) is 10.5. The van der Waals surface area contributed by atoms with E-state index in [9.17, 15) is 4.39 Å². The third-order valence-corrected chi connectivity index (χ3v) is 2.75. The molecule has 0 fully saturated rings. The van der Waals surface area contributed by atoms with Crippen LogP contribution in [0, 0.1) is 5.82 Å². The molecule has 1 aromatic heterocycles. The van der Waals surface area contributed by atoms with Crippen molar-refractivity contribution in [2.75, 3.05) is 6.54 Å². The van der Waals surface area contributed by atoms with Crippen LogP contribution in [0.25, 0.3) is 0 Å². The highest BCUT2D eigenvalue weighted by Crippen LogP contribution is 2.02. The van der Waals surface area contributed by atoms with E-state index < -0.39 is 0 Å². The molecule has 0 aliphatic rings. The maximum Gasteiger partial charge on any atom is 0.141 e. The van der Waals surface area contributed by atoms with Gasteiger partial charge in [0, 0.05) is 12.7 Å². The molecule has 1 heterocycles. The van der Waals surface area contributed by atoms with Gasteiger partial charge in [-0.2, -0.15) is 0 Å². The summed E-state index contributed by atoms with van der Waals surface area (Å²) in [6.07, 6.45) is 5.05. The minimum Gasteiger partial charge on any atom is -0.313 e. The van der Waals surface area contributed by atoms with Crippen molar-refractivity contribution < 1.29 is 4.39 Å². The van der Waals surface area contributed by atoms with Crippen LogP contribution < -0.4 is 5.32 Å². The molecule has 0 radical (unpaired) electrons. The van der Waals surface area contributed by atoms with E-state index in [1.807, 2.05) is 6.07 Å². The number of pyridine rings is 1. The zero-order valence-corrected chi connectivity index (χ0v) is 10.3. The maximum atomic E-state index is 12.9. The molecule has 0 amide bonds. The predicted octanol–water partition coefficient (Wildman–Crippen LogP) is 2.94. The summed E-state index contributed by atoms with van der Waals surface area (Å²) >= 11 is 0. The van der Waals surface area contributed by atoms with Gasteiger partial charge in [0.25, 0.3) is 0 Å². The van der Waals surface area contributed by atoms with Gasteiger partial charge in [-0.25, -0.2) is 4.39 Å². The summed E-state index contributed by atoms with van der Waals surface area (Å²) in [7, 11) is 0. The molecule has 2 rings (SSSR count). The Morgan fingerprint density at radius 1 is 1.06 bits per heavy atom. The molecule has 0 aliphatic heterocycles. The van der Waals surface area contributed by atoms with Crippen LogP contribution in [0.15, 0.2) is 48.8 Å². The standard InChI is InChI=1S/C15H17FN2/c16-15-9-14(11-18-12-15)10-17-8-4-7-13-5-2-1-3-6-13/h1-3,5-6,9,11-12,17H,4,7-8,10H2. The van der Waals surface area contributed by atoms with E-state index in [2.05, 4.69) is 34.6 Å². The number of benzene rings is 1. The van der Waals surface area contributed by atoms with E-state index in [0.29, 0.717) is 6.54 Å². The molecule has 1 N–H and O–H groups in total. The molecule has 0 aliphatic carbocycles. The van der Waals surface area contributed by atoms with Crippen molar-refractivity contribution in [1.29, 1.82) is 0 Å². The van der Waals surface area contributed by atoms with E-state index >= 15 is 0 Å². The third-order valence-electron chi connectivity index (χ3n) is 2.75. The SMILES string of the molecule is Fc1cncc(CNCCCc2ccccc2)c1. The average Bonchev–Trinajstić information content (AvgIpc) is 2.40. The van der Waals surface area contributed by atoms with Gasteiger partial charge in [0.2, 0.25) is 0 Å². The summed E-state index contributed by atoms with van der Waals surface area (Å²) in [5, 5.41) is 3.29. The monoisotopic (exact) mass is 244 g/mol. The number of halogens is 1. The predicted molar refractivity (Wildman–Crippen MR) is 70.7 cm³/mol. The molecule has 0 unspecified atom stereocenters. The molecule has 2 aromatic rings. The third kappa shape index (κ3) is 4.26. The Hall–Kier alpha value is -1.74. The van der Waals surface area contributed by atoms with Gasteiger partial charge in [-0.3, -0.25) is 4.98 Å². The van der Waals surface area contributed by atoms with Gasteiger partial charge in [0.15, 0.2) is 0 Å². The fraction of sp³-hybridized carbons (Fsp3) is 0.267. The highest BCUT2D eigenvalue weighted by atomic mass is 19.1. The minimum atomic E-state index is -0.279. The molecule has 2 nitrogen and oxygen atoms in total. The molecule has 0 atom stereocenters. The fourth-order valence-electron chi connectivity index (χ4n) is 1.85. The van der Waals surface area contributed by atoms with Crippen molar-refractivity contribution in [1.82, 2.24) is 10.3 Å². The van der Waals surface area contributed by atoms with Crippen LogP contribution >= 0.6 is 0 Å². The second kappa shape index (κ2) is 6.87. The molecule has 18 heavy (non-hydrogen) atoms. The first-order chi connectivity index (χ1) is 8.84. The Morgan fingerprint density at radius 3 is 2.67 bits per heavy atom. The lowest BCUT2D eigenvalue weighted by molar-refractivity contribution is 0.609. The summed E-state index contributed by atoms with van der Waals surface area (Å²) in [6, 6.07) is 11.9. The zero-order chi connectivity index (χ0) is 12.6. The quantitative estimate of drug-likeness (QED) is 0.790. The first kappa shape index (κ1) is 12.7. The van der Waals surface area contributed by atoms with Gasteiger partial charge in [0.05, 0.1) is 6.20 Å². The van der Waals surface area contributed by atoms with E-state index in [4.69, 9.17) is 0 Å².